The highest BCUT2D eigenvalue weighted by atomic mass is 28.4. The lowest BCUT2D eigenvalue weighted by atomic mass is 9.78. The van der Waals surface area contributed by atoms with Crippen molar-refractivity contribution in [3.8, 4) is 23.0 Å². The summed E-state index contributed by atoms with van der Waals surface area (Å²) in [5.41, 5.74) is -2.66. The van der Waals surface area contributed by atoms with Crippen molar-refractivity contribution in [2.75, 3.05) is 81.9 Å². The Hall–Kier alpha value is -7.73. The van der Waals surface area contributed by atoms with Crippen LogP contribution in [0.4, 0.5) is 9.59 Å². The Bertz CT molecular complexity index is 3030. The summed E-state index contributed by atoms with van der Waals surface area (Å²) in [4.78, 5) is 89.3. The number of carbonyl (C=O) groups is 5. The van der Waals surface area contributed by atoms with Gasteiger partial charge < -0.3 is 77.6 Å². The van der Waals surface area contributed by atoms with Gasteiger partial charge in [-0.3, -0.25) is 14.4 Å². The van der Waals surface area contributed by atoms with Crippen LogP contribution in [0.15, 0.2) is 115 Å². The fraction of sp³-hybridized carbons (Fsp3) is 0.462. The number of rotatable bonds is 25. The molecule has 4 atom stereocenters. The molecule has 3 aliphatic rings. The van der Waals surface area contributed by atoms with Crippen molar-refractivity contribution in [3.63, 3.8) is 0 Å². The zero-order valence-electron chi connectivity index (χ0n) is 51.0. The Morgan fingerprint density at radius 2 is 0.874 bits per heavy atom. The first-order chi connectivity index (χ1) is 41.8. The minimum absolute atomic E-state index is 0.0383. The number of amides is 5. The summed E-state index contributed by atoms with van der Waals surface area (Å²) in [6.45, 7) is 5.08. The molecule has 0 spiro atoms. The molecular formula is C65H83N5O16Si. The van der Waals surface area contributed by atoms with E-state index in [1.54, 1.807) is 102 Å². The van der Waals surface area contributed by atoms with Crippen molar-refractivity contribution in [3.05, 3.63) is 154 Å². The van der Waals surface area contributed by atoms with Crippen molar-refractivity contribution < 1.29 is 76.3 Å². The summed E-state index contributed by atoms with van der Waals surface area (Å²) >= 11 is 0. The number of alkyl carbamates (subject to hydrolysis) is 2. The van der Waals surface area contributed by atoms with Crippen LogP contribution in [0.1, 0.15) is 119 Å². The van der Waals surface area contributed by atoms with Gasteiger partial charge in [-0.2, -0.15) is 0 Å². The first-order valence-corrected chi connectivity index (χ1v) is 31.6. The lowest BCUT2D eigenvalue weighted by molar-refractivity contribution is -0.00158. The maximum Gasteiger partial charge on any atom is 0.497 e. The number of piperidine rings is 1. The molecular weight excluding hydrogens is 1130 g/mol. The Labute approximate surface area is 510 Å². The molecule has 21 nitrogen and oxygen atoms in total. The second-order valence-corrected chi connectivity index (χ2v) is 25.4. The van der Waals surface area contributed by atoms with E-state index < -0.39 is 74.2 Å². The Morgan fingerprint density at radius 1 is 0.529 bits per heavy atom. The third kappa shape index (κ3) is 15.2. The number of ether oxygens (including phenoxy) is 6. The van der Waals surface area contributed by atoms with Gasteiger partial charge in [-0.25, -0.2) is 9.59 Å². The number of benzene rings is 5. The van der Waals surface area contributed by atoms with Gasteiger partial charge in [-0.15, -0.1) is 0 Å². The number of hydrogen-bond acceptors (Lipinski definition) is 16. The van der Waals surface area contributed by atoms with Gasteiger partial charge in [0.2, 0.25) is 0 Å². The molecule has 0 bridgehead atoms. The quantitative estimate of drug-likeness (QED) is 0.0275. The monoisotopic (exact) mass is 1220 g/mol. The summed E-state index contributed by atoms with van der Waals surface area (Å²) in [7, 11) is 5.35. The molecule has 3 heterocycles. The van der Waals surface area contributed by atoms with Gasteiger partial charge in [0.25, 0.3) is 17.7 Å². The molecule has 5 aromatic rings. The van der Waals surface area contributed by atoms with Crippen LogP contribution < -0.4 is 29.6 Å². The van der Waals surface area contributed by atoms with Gasteiger partial charge in [0.15, 0.2) is 0 Å². The molecule has 5 aromatic carbocycles. The fourth-order valence-electron chi connectivity index (χ4n) is 12.0. The lowest BCUT2D eigenvalue weighted by Gasteiger charge is -2.40. The summed E-state index contributed by atoms with van der Waals surface area (Å²) in [5.74, 6) is 0.646. The zero-order valence-corrected chi connectivity index (χ0v) is 52.0. The van der Waals surface area contributed by atoms with E-state index in [0.717, 1.165) is 32.1 Å². The maximum atomic E-state index is 16.0. The van der Waals surface area contributed by atoms with Crippen LogP contribution in [-0.2, 0) is 29.5 Å². The highest BCUT2D eigenvalue weighted by Crippen LogP contribution is 2.45. The third-order valence-electron chi connectivity index (χ3n) is 16.8. The first-order valence-electron chi connectivity index (χ1n) is 29.6. The van der Waals surface area contributed by atoms with Crippen LogP contribution in [0.2, 0.25) is 6.04 Å². The Kier molecular flexibility index (Phi) is 22.0. The lowest BCUT2D eigenvalue weighted by Crippen LogP contribution is -2.51. The van der Waals surface area contributed by atoms with E-state index in [1.807, 2.05) is 0 Å². The number of likely N-dealkylation sites (tertiary alicyclic amines) is 3. The molecule has 22 heteroatoms. The van der Waals surface area contributed by atoms with E-state index in [4.69, 9.17) is 37.3 Å². The molecule has 0 radical (unpaired) electrons. The van der Waals surface area contributed by atoms with E-state index in [-0.39, 0.29) is 55.2 Å². The Morgan fingerprint density at radius 3 is 1.21 bits per heavy atom. The average molecular weight is 1220 g/mol. The van der Waals surface area contributed by atoms with E-state index >= 15 is 9.59 Å². The topological polar surface area (TPSA) is 254 Å². The number of carbonyl (C=O) groups excluding carboxylic acids is 5. The van der Waals surface area contributed by atoms with Gasteiger partial charge in [-0.1, -0.05) is 62.4 Å². The fourth-order valence-corrected chi connectivity index (χ4v) is 13.2. The van der Waals surface area contributed by atoms with Gasteiger partial charge in [0.05, 0.1) is 53.6 Å². The van der Waals surface area contributed by atoms with E-state index in [1.165, 1.54) is 70.7 Å². The summed E-state index contributed by atoms with van der Waals surface area (Å²) < 4.78 is 44.6. The van der Waals surface area contributed by atoms with Gasteiger partial charge >= 0.3 is 21.0 Å². The van der Waals surface area contributed by atoms with E-state index in [9.17, 15) is 29.4 Å². The molecule has 3 saturated heterocycles. The van der Waals surface area contributed by atoms with E-state index in [2.05, 4.69) is 24.5 Å². The first kappa shape index (κ1) is 65.2. The maximum absolute atomic E-state index is 16.0. The normalized spacial score (nSPS) is 18.0. The molecule has 0 saturated carbocycles. The third-order valence-corrected chi connectivity index (χ3v) is 19.1. The molecule has 3 fully saturated rings. The molecule has 0 unspecified atom stereocenters. The van der Waals surface area contributed by atoms with E-state index in [0.29, 0.717) is 77.2 Å². The molecule has 0 aromatic heterocycles. The highest BCUT2D eigenvalue weighted by Gasteiger charge is 2.53. The summed E-state index contributed by atoms with van der Waals surface area (Å²) in [6.07, 6.45) is 0.700. The molecule has 468 valence electrons. The van der Waals surface area contributed by atoms with Crippen LogP contribution in [0.25, 0.3) is 0 Å². The van der Waals surface area contributed by atoms with Crippen LogP contribution in [0.5, 0.6) is 23.0 Å². The highest BCUT2D eigenvalue weighted by molar-refractivity contribution is 6.59. The van der Waals surface area contributed by atoms with Crippen molar-refractivity contribution in [2.45, 2.75) is 107 Å². The minimum Gasteiger partial charge on any atom is -0.497 e. The van der Waals surface area contributed by atoms with Crippen LogP contribution in [-0.4, -0.2) is 175 Å². The molecule has 5 amide bonds. The second kappa shape index (κ2) is 29.3. The number of aliphatic hydroxyl groups is 2. The molecule has 5 N–H and O–H groups in total. The molecule has 87 heavy (non-hydrogen) atoms. The van der Waals surface area contributed by atoms with Crippen LogP contribution in [0.3, 0.4) is 0 Å². The minimum atomic E-state index is -3.44. The summed E-state index contributed by atoms with van der Waals surface area (Å²) in [5, 5.41) is 32.8. The van der Waals surface area contributed by atoms with Gasteiger partial charge in [-0.05, 0) is 133 Å². The van der Waals surface area contributed by atoms with Gasteiger partial charge in [0.1, 0.15) is 46.4 Å². The van der Waals surface area contributed by atoms with Crippen LogP contribution in [0, 0.1) is 5.92 Å². The second-order valence-electron chi connectivity index (χ2n) is 22.7. The van der Waals surface area contributed by atoms with Crippen molar-refractivity contribution in [1.29, 1.82) is 0 Å². The van der Waals surface area contributed by atoms with Crippen molar-refractivity contribution >= 4 is 38.7 Å². The Balaban J connectivity index is 1.24. The number of hydrogen-bond donors (Lipinski definition) is 5. The van der Waals surface area contributed by atoms with Crippen LogP contribution >= 0.6 is 0 Å². The predicted molar refractivity (Wildman–Crippen MR) is 325 cm³/mol. The standard InChI is InChI=1S/C65H83N5O16Si/c1-43(2)14-12-31-66-62(74)85-55-39-57(64(76,47-15-23-51(79-3)24-16-47)48-17-25-52(80-4)26-18-48)69(41-55)60(72)45-36-44(59(71)68-33-10-9-11-34-68)37-46(38-45)61(73)70-42-56(86-63(75)67-32-13-35-87(78,83-7)84-8)40-58(70)65(77,49-19-27-53(81-5)28-20-49)50-21-29-54(82-6)30-22-50/h15-30,36-38,43,55-58,76-78H,9-14,31-35,39-42H2,1-8H3,(H,66,74)(H,67,75)/t55-,56-,57+,58+/m1/s1. The summed E-state index contributed by atoms with van der Waals surface area (Å²) in [6, 6.07) is 29.2. The average Bonchev–Trinajstić information content (AvgIpc) is 1.77. The SMILES string of the molecule is COc1ccc(C(O)(c2ccc(OC)cc2)[C@@H]2C[C@@H](OC(=O)NCCCC(C)C)CN2C(=O)c2cc(C(=O)N3CCCCC3)cc(C(=O)N3C[C@H](OC(=O)NCCC[Si](O)(OC)OC)C[C@H]3C(O)(c3ccc(OC)cc3)c3ccc(OC)cc3)c2)cc1. The zero-order chi connectivity index (χ0) is 62.5. The smallest absolute Gasteiger partial charge is 0.497 e. The number of nitrogens with zero attached hydrogens (tertiary/aromatic N) is 3. The largest absolute Gasteiger partial charge is 0.497 e. The molecule has 0 aliphatic carbocycles. The van der Waals surface area contributed by atoms with Crippen molar-refractivity contribution in [1.82, 2.24) is 25.3 Å². The molecule has 3 aliphatic heterocycles. The molecule has 8 rings (SSSR count). The number of methoxy groups -OCH3 is 4. The van der Waals surface area contributed by atoms with Crippen molar-refractivity contribution in [2.24, 2.45) is 5.92 Å². The predicted octanol–water partition coefficient (Wildman–Crippen LogP) is 7.89. The number of nitrogens with one attached hydrogen (secondary N) is 2. The van der Waals surface area contributed by atoms with Gasteiger partial charge in [0, 0.05) is 76.0 Å².